The van der Waals surface area contributed by atoms with Crippen LogP contribution >= 0.6 is 0 Å². The molecular weight excluding hydrogens is 402 g/mol. The number of hydrogen-bond acceptors (Lipinski definition) is 11. The topological polar surface area (TPSA) is 218 Å². The SMILES string of the molecule is O=C(O)C(O)C(O)C(O[C@H]1O[C@H](CO)[C@@H](O)[C@H](O)[C@H]1O)C(O)CO.[Zn]. The molecule has 9 atom stereocenters. The molecular formula is C12H22O12Zn. The Labute approximate surface area is 154 Å². The molecule has 12 nitrogen and oxygen atoms in total. The first-order chi connectivity index (χ1) is 11.1. The van der Waals surface area contributed by atoms with Crippen molar-refractivity contribution < 1.29 is 79.7 Å². The van der Waals surface area contributed by atoms with Crippen LogP contribution in [-0.4, -0.2) is 120 Å². The summed E-state index contributed by atoms with van der Waals surface area (Å²) in [4.78, 5) is 10.7. The number of aliphatic hydroxyl groups excluding tert-OH is 8. The van der Waals surface area contributed by atoms with E-state index in [0.717, 1.165) is 0 Å². The fraction of sp³-hybridized carbons (Fsp3) is 0.917. The summed E-state index contributed by atoms with van der Waals surface area (Å²) in [5.41, 5.74) is 0. The number of aliphatic carboxylic acids is 1. The molecule has 13 heteroatoms. The molecule has 1 heterocycles. The van der Waals surface area contributed by atoms with Crippen molar-refractivity contribution in [2.45, 2.75) is 55.1 Å². The summed E-state index contributed by atoms with van der Waals surface area (Å²) in [5, 5.41) is 84.5. The normalized spacial score (nSPS) is 34.5. The number of rotatable bonds is 8. The third-order valence-corrected chi connectivity index (χ3v) is 3.62. The van der Waals surface area contributed by atoms with E-state index in [1.807, 2.05) is 0 Å². The van der Waals surface area contributed by atoms with E-state index >= 15 is 0 Å². The van der Waals surface area contributed by atoms with Crippen LogP contribution in [0.5, 0.6) is 0 Å². The summed E-state index contributed by atoms with van der Waals surface area (Å²) in [6, 6.07) is 0. The zero-order chi connectivity index (χ0) is 18.6. The second-order valence-corrected chi connectivity index (χ2v) is 5.32. The average molecular weight is 424 g/mol. The van der Waals surface area contributed by atoms with E-state index in [4.69, 9.17) is 24.8 Å². The molecule has 0 aromatic heterocycles. The standard InChI is InChI=1S/C12H22O12.Zn/c13-1-3(15)10(7(18)8(19)11(21)22)24-12-9(20)6(17)5(16)4(2-14)23-12;/h3-10,12-20H,1-2H2,(H,21,22);/t3?,4-,5-,6+,7?,8?,9-,10?,12-;/m1./s1. The molecule has 1 rings (SSSR count). The quantitative estimate of drug-likeness (QED) is 0.167. The fourth-order valence-corrected chi connectivity index (χ4v) is 2.16. The fourth-order valence-electron chi connectivity index (χ4n) is 2.16. The summed E-state index contributed by atoms with van der Waals surface area (Å²) in [7, 11) is 0. The van der Waals surface area contributed by atoms with E-state index in [9.17, 15) is 35.4 Å². The number of carboxylic acid groups (broad SMARTS) is 1. The Balaban J connectivity index is 0.00000576. The molecule has 9 N–H and O–H groups in total. The van der Waals surface area contributed by atoms with Crippen LogP contribution in [0.4, 0.5) is 0 Å². The zero-order valence-corrected chi connectivity index (χ0v) is 16.0. The Kier molecular flexibility index (Phi) is 10.6. The minimum atomic E-state index is -2.39. The molecule has 1 saturated heterocycles. The molecule has 0 aliphatic carbocycles. The Morgan fingerprint density at radius 1 is 1.04 bits per heavy atom. The third-order valence-electron chi connectivity index (χ3n) is 3.62. The Bertz CT molecular complexity index is 410. The Morgan fingerprint density at radius 3 is 2.04 bits per heavy atom. The number of aliphatic hydroxyl groups is 8. The molecule has 25 heavy (non-hydrogen) atoms. The Hall–Kier alpha value is -0.307. The van der Waals surface area contributed by atoms with Gasteiger partial charge < -0.3 is 55.4 Å². The van der Waals surface area contributed by atoms with Gasteiger partial charge >= 0.3 is 5.97 Å². The molecule has 1 aliphatic heterocycles. The van der Waals surface area contributed by atoms with Crippen LogP contribution in [0.15, 0.2) is 0 Å². The van der Waals surface area contributed by atoms with Crippen molar-refractivity contribution in [2.75, 3.05) is 13.2 Å². The molecule has 0 saturated carbocycles. The van der Waals surface area contributed by atoms with Gasteiger partial charge in [0.05, 0.1) is 13.2 Å². The van der Waals surface area contributed by atoms with Crippen molar-refractivity contribution in [2.24, 2.45) is 0 Å². The van der Waals surface area contributed by atoms with Crippen molar-refractivity contribution in [3.05, 3.63) is 0 Å². The van der Waals surface area contributed by atoms with Crippen molar-refractivity contribution in [1.29, 1.82) is 0 Å². The maximum absolute atomic E-state index is 10.7. The van der Waals surface area contributed by atoms with Crippen LogP contribution < -0.4 is 0 Å². The third kappa shape index (κ3) is 5.84. The first-order valence-electron chi connectivity index (χ1n) is 6.99. The average Bonchev–Trinajstić information content (AvgIpc) is 2.57. The van der Waals surface area contributed by atoms with E-state index in [2.05, 4.69) is 0 Å². The minimum Gasteiger partial charge on any atom is -0.479 e. The molecule has 4 unspecified atom stereocenters. The minimum absolute atomic E-state index is 0. The van der Waals surface area contributed by atoms with Crippen LogP contribution in [0.25, 0.3) is 0 Å². The van der Waals surface area contributed by atoms with Crippen molar-refractivity contribution >= 4 is 5.97 Å². The largest absolute Gasteiger partial charge is 0.479 e. The molecule has 0 amide bonds. The van der Waals surface area contributed by atoms with E-state index < -0.39 is 74.3 Å². The summed E-state index contributed by atoms with van der Waals surface area (Å²) in [6.07, 6.45) is -16.9. The second kappa shape index (κ2) is 10.7. The van der Waals surface area contributed by atoms with Gasteiger partial charge in [-0.1, -0.05) is 0 Å². The van der Waals surface area contributed by atoms with E-state index in [1.54, 1.807) is 0 Å². The van der Waals surface area contributed by atoms with Gasteiger partial charge in [-0.3, -0.25) is 0 Å². The molecule has 1 fully saturated rings. The van der Waals surface area contributed by atoms with Crippen LogP contribution in [-0.2, 0) is 33.7 Å². The zero-order valence-electron chi connectivity index (χ0n) is 13.1. The van der Waals surface area contributed by atoms with Crippen LogP contribution in [0.2, 0.25) is 0 Å². The van der Waals surface area contributed by atoms with Crippen molar-refractivity contribution in [3.8, 4) is 0 Å². The maximum Gasteiger partial charge on any atom is 0.335 e. The summed E-state index contributed by atoms with van der Waals surface area (Å²) in [5.74, 6) is -1.84. The molecule has 144 valence electrons. The van der Waals surface area contributed by atoms with Gasteiger partial charge in [0.2, 0.25) is 0 Å². The molecule has 1 aliphatic rings. The number of carboxylic acids is 1. The smallest absolute Gasteiger partial charge is 0.335 e. The number of hydrogen-bond donors (Lipinski definition) is 9. The van der Waals surface area contributed by atoms with E-state index in [-0.39, 0.29) is 19.5 Å². The summed E-state index contributed by atoms with van der Waals surface area (Å²) in [6.45, 7) is -1.76. The summed E-state index contributed by atoms with van der Waals surface area (Å²) >= 11 is 0. The molecule has 0 aromatic rings. The predicted molar refractivity (Wildman–Crippen MR) is 71.4 cm³/mol. The monoisotopic (exact) mass is 422 g/mol. The van der Waals surface area contributed by atoms with Gasteiger partial charge in [0.1, 0.15) is 42.7 Å². The van der Waals surface area contributed by atoms with Gasteiger partial charge in [0, 0.05) is 19.5 Å². The van der Waals surface area contributed by atoms with Gasteiger partial charge in [0.25, 0.3) is 0 Å². The first kappa shape index (κ1) is 24.7. The summed E-state index contributed by atoms with van der Waals surface area (Å²) < 4.78 is 9.98. The van der Waals surface area contributed by atoms with Gasteiger partial charge in [-0.15, -0.1) is 0 Å². The predicted octanol–water partition coefficient (Wildman–Crippen LogP) is -5.67. The van der Waals surface area contributed by atoms with Crippen molar-refractivity contribution in [1.82, 2.24) is 0 Å². The van der Waals surface area contributed by atoms with Crippen LogP contribution in [0.1, 0.15) is 0 Å². The molecule has 0 bridgehead atoms. The molecule has 0 radical (unpaired) electrons. The second-order valence-electron chi connectivity index (χ2n) is 5.32. The van der Waals surface area contributed by atoms with Gasteiger partial charge in [-0.2, -0.15) is 0 Å². The van der Waals surface area contributed by atoms with E-state index in [1.165, 1.54) is 0 Å². The Morgan fingerprint density at radius 2 is 1.60 bits per heavy atom. The van der Waals surface area contributed by atoms with Gasteiger partial charge in [-0.05, 0) is 0 Å². The van der Waals surface area contributed by atoms with Crippen LogP contribution in [0, 0.1) is 0 Å². The van der Waals surface area contributed by atoms with Gasteiger partial charge in [0.15, 0.2) is 12.4 Å². The molecule has 0 spiro atoms. The van der Waals surface area contributed by atoms with Crippen LogP contribution in [0.3, 0.4) is 0 Å². The number of carbonyl (C=O) groups is 1. The number of ether oxygens (including phenoxy) is 2. The maximum atomic E-state index is 10.7. The van der Waals surface area contributed by atoms with E-state index in [0.29, 0.717) is 0 Å². The van der Waals surface area contributed by atoms with Crippen molar-refractivity contribution in [3.63, 3.8) is 0 Å². The first-order valence-corrected chi connectivity index (χ1v) is 6.99. The molecule has 0 aromatic carbocycles. The van der Waals surface area contributed by atoms with Gasteiger partial charge in [-0.25, -0.2) is 4.79 Å².